The summed E-state index contributed by atoms with van der Waals surface area (Å²) in [5, 5.41) is 0. The molecule has 1 rings (SSSR count). The summed E-state index contributed by atoms with van der Waals surface area (Å²) >= 11 is 3.41. The quantitative estimate of drug-likeness (QED) is 0.492. The Bertz CT molecular complexity index is 350. The maximum Gasteiger partial charge on any atom is 0.0371 e. The minimum absolute atomic E-state index is 0.852. The van der Waals surface area contributed by atoms with Crippen LogP contribution in [0.3, 0.4) is 0 Å². The number of nitrogens with zero attached hydrogens (tertiary/aromatic N) is 1. The fraction of sp³-hybridized carbons (Fsp3) is 0.385. The van der Waals surface area contributed by atoms with Crippen molar-refractivity contribution in [2.24, 2.45) is 0 Å². The maximum atomic E-state index is 5.95. The Morgan fingerprint density at radius 2 is 2.25 bits per heavy atom. The van der Waals surface area contributed by atoms with Crippen LogP contribution in [0.25, 0.3) is 0 Å². The summed E-state index contributed by atoms with van der Waals surface area (Å²) in [4.78, 5) is 2.28. The number of hydrogen-bond acceptors (Lipinski definition) is 2. The first kappa shape index (κ1) is 13.3. The summed E-state index contributed by atoms with van der Waals surface area (Å²) in [5.74, 6) is 0. The number of nitrogens with two attached hydrogens (primary N) is 1. The van der Waals surface area contributed by atoms with E-state index >= 15 is 0 Å². The molecule has 0 heterocycles. The summed E-state index contributed by atoms with van der Waals surface area (Å²) in [6.45, 7) is 5.69. The van der Waals surface area contributed by atoms with Gasteiger partial charge >= 0.3 is 0 Å². The first-order chi connectivity index (χ1) is 7.63. The van der Waals surface area contributed by atoms with Gasteiger partial charge in [-0.2, -0.15) is 0 Å². The van der Waals surface area contributed by atoms with Gasteiger partial charge in [0.2, 0.25) is 0 Å². The van der Waals surface area contributed by atoms with Crippen molar-refractivity contribution in [1.29, 1.82) is 0 Å². The summed E-state index contributed by atoms with van der Waals surface area (Å²) in [6, 6.07) is 6.06. The minimum atomic E-state index is 0.852. The van der Waals surface area contributed by atoms with Gasteiger partial charge < -0.3 is 10.6 Å². The van der Waals surface area contributed by atoms with Gasteiger partial charge in [0.05, 0.1) is 0 Å². The van der Waals surface area contributed by atoms with E-state index in [4.69, 9.17) is 5.73 Å². The second-order valence-corrected chi connectivity index (χ2v) is 4.93. The molecule has 16 heavy (non-hydrogen) atoms. The second kappa shape index (κ2) is 6.71. The van der Waals surface area contributed by atoms with E-state index in [-0.39, 0.29) is 0 Å². The Morgan fingerprint density at radius 3 is 2.88 bits per heavy atom. The molecule has 3 heteroatoms. The van der Waals surface area contributed by atoms with Crippen LogP contribution in [0.5, 0.6) is 0 Å². The smallest absolute Gasteiger partial charge is 0.0371 e. The van der Waals surface area contributed by atoms with Crippen LogP contribution in [0, 0.1) is 0 Å². The Hall–Kier alpha value is -0.800. The van der Waals surface area contributed by atoms with Crippen LogP contribution in [0.15, 0.2) is 35.3 Å². The van der Waals surface area contributed by atoms with E-state index in [2.05, 4.69) is 40.5 Å². The number of allylic oxidation sites excluding steroid dienone is 1. The molecule has 2 N–H and O–H groups in total. The topological polar surface area (TPSA) is 29.3 Å². The second-order valence-electron chi connectivity index (χ2n) is 4.01. The van der Waals surface area contributed by atoms with Crippen molar-refractivity contribution < 1.29 is 0 Å². The molecule has 0 spiro atoms. The van der Waals surface area contributed by atoms with Gasteiger partial charge in [0, 0.05) is 16.7 Å². The van der Waals surface area contributed by atoms with E-state index in [9.17, 15) is 0 Å². The number of hydrogen-bond donors (Lipinski definition) is 1. The van der Waals surface area contributed by atoms with Crippen LogP contribution in [-0.4, -0.2) is 18.5 Å². The van der Waals surface area contributed by atoms with Crippen molar-refractivity contribution in [3.8, 4) is 0 Å². The van der Waals surface area contributed by atoms with Gasteiger partial charge in [-0.3, -0.25) is 0 Å². The number of benzene rings is 1. The van der Waals surface area contributed by atoms with Crippen molar-refractivity contribution in [3.05, 3.63) is 40.9 Å². The molecule has 0 aliphatic carbocycles. The molecule has 0 saturated carbocycles. The Balaban J connectivity index is 2.49. The van der Waals surface area contributed by atoms with E-state index in [0.29, 0.717) is 0 Å². The highest BCUT2D eigenvalue weighted by Gasteiger charge is 2.03. The molecule has 0 bridgehead atoms. The summed E-state index contributed by atoms with van der Waals surface area (Å²) in [5.41, 5.74) is 7.99. The highest BCUT2D eigenvalue weighted by atomic mass is 79.9. The zero-order valence-electron chi connectivity index (χ0n) is 9.75. The van der Waals surface area contributed by atoms with Crippen LogP contribution in [0.2, 0.25) is 0 Å². The highest BCUT2D eigenvalue weighted by molar-refractivity contribution is 9.10. The van der Waals surface area contributed by atoms with E-state index in [0.717, 1.165) is 36.1 Å². The molecule has 1 aromatic carbocycles. The maximum absolute atomic E-state index is 5.95. The van der Waals surface area contributed by atoms with Gasteiger partial charge in [0.25, 0.3) is 0 Å². The molecular formula is C13H19BrN2. The highest BCUT2D eigenvalue weighted by Crippen LogP contribution is 2.19. The molecule has 0 unspecified atom stereocenters. The third kappa shape index (κ3) is 4.37. The molecule has 0 amide bonds. The zero-order valence-corrected chi connectivity index (χ0v) is 11.3. The van der Waals surface area contributed by atoms with Crippen LogP contribution in [-0.2, 0) is 6.54 Å². The number of unbranched alkanes of at least 4 members (excludes halogenated alkanes) is 1. The molecule has 0 aliphatic rings. The first-order valence-electron chi connectivity index (χ1n) is 5.47. The van der Waals surface area contributed by atoms with Crippen molar-refractivity contribution >= 4 is 21.6 Å². The predicted octanol–water partition coefficient (Wildman–Crippen LogP) is 3.43. The minimum Gasteiger partial charge on any atom is -0.398 e. The van der Waals surface area contributed by atoms with Crippen LogP contribution < -0.4 is 5.73 Å². The first-order valence-corrected chi connectivity index (χ1v) is 6.26. The number of anilines is 1. The van der Waals surface area contributed by atoms with Gasteiger partial charge in [0.1, 0.15) is 0 Å². The Morgan fingerprint density at radius 1 is 1.50 bits per heavy atom. The zero-order chi connectivity index (χ0) is 12.0. The van der Waals surface area contributed by atoms with Crippen LogP contribution in [0.4, 0.5) is 5.69 Å². The molecule has 88 valence electrons. The van der Waals surface area contributed by atoms with Crippen molar-refractivity contribution in [2.45, 2.75) is 19.4 Å². The molecule has 0 aliphatic heterocycles. The molecule has 0 radical (unpaired) electrons. The number of rotatable bonds is 6. The average molecular weight is 283 g/mol. The molecule has 0 atom stereocenters. The van der Waals surface area contributed by atoms with Gasteiger partial charge in [0.15, 0.2) is 0 Å². The summed E-state index contributed by atoms with van der Waals surface area (Å²) < 4.78 is 1.03. The average Bonchev–Trinajstić information content (AvgIpc) is 2.23. The largest absolute Gasteiger partial charge is 0.398 e. The van der Waals surface area contributed by atoms with E-state index in [1.807, 2.05) is 18.2 Å². The normalized spacial score (nSPS) is 10.7. The molecule has 0 saturated heterocycles. The fourth-order valence-corrected chi connectivity index (χ4v) is 1.96. The number of nitrogen functional groups attached to an aromatic ring is 1. The fourth-order valence-electron chi connectivity index (χ4n) is 1.59. The van der Waals surface area contributed by atoms with E-state index < -0.39 is 0 Å². The van der Waals surface area contributed by atoms with Gasteiger partial charge in [-0.1, -0.05) is 28.1 Å². The lowest BCUT2D eigenvalue weighted by Gasteiger charge is -2.17. The third-order valence-electron chi connectivity index (χ3n) is 2.50. The SMILES string of the molecule is C=CCCCN(C)Cc1ccc(Br)cc1N. The monoisotopic (exact) mass is 282 g/mol. The summed E-state index contributed by atoms with van der Waals surface area (Å²) in [6.07, 6.45) is 4.18. The molecule has 0 aromatic heterocycles. The van der Waals surface area contributed by atoms with Crippen molar-refractivity contribution in [1.82, 2.24) is 4.90 Å². The predicted molar refractivity (Wildman–Crippen MR) is 74.3 cm³/mol. The van der Waals surface area contributed by atoms with Crippen molar-refractivity contribution in [3.63, 3.8) is 0 Å². The molecule has 0 fully saturated rings. The van der Waals surface area contributed by atoms with Gasteiger partial charge in [-0.05, 0) is 44.1 Å². The standard InChI is InChI=1S/C13H19BrN2/c1-3-4-5-8-16(2)10-11-6-7-12(14)9-13(11)15/h3,6-7,9H,1,4-5,8,10,15H2,2H3. The van der Waals surface area contributed by atoms with E-state index in [1.165, 1.54) is 5.56 Å². The van der Waals surface area contributed by atoms with Crippen LogP contribution in [0.1, 0.15) is 18.4 Å². The lowest BCUT2D eigenvalue weighted by Crippen LogP contribution is -2.19. The molecule has 2 nitrogen and oxygen atoms in total. The van der Waals surface area contributed by atoms with Gasteiger partial charge in [-0.15, -0.1) is 6.58 Å². The third-order valence-corrected chi connectivity index (χ3v) is 2.99. The molecular weight excluding hydrogens is 264 g/mol. The van der Waals surface area contributed by atoms with E-state index in [1.54, 1.807) is 0 Å². The lowest BCUT2D eigenvalue weighted by atomic mass is 10.1. The Kier molecular flexibility index (Phi) is 5.56. The van der Waals surface area contributed by atoms with Crippen molar-refractivity contribution in [2.75, 3.05) is 19.3 Å². The Labute approximate surface area is 106 Å². The van der Waals surface area contributed by atoms with Gasteiger partial charge in [-0.25, -0.2) is 0 Å². The summed E-state index contributed by atoms with van der Waals surface area (Å²) in [7, 11) is 2.12. The number of halogens is 1. The van der Waals surface area contributed by atoms with Crippen LogP contribution >= 0.6 is 15.9 Å². The lowest BCUT2D eigenvalue weighted by molar-refractivity contribution is 0.323. The molecule has 1 aromatic rings.